The molecule has 0 aliphatic carbocycles. The molecule has 0 amide bonds. The van der Waals surface area contributed by atoms with Crippen molar-refractivity contribution in [3.63, 3.8) is 0 Å². The lowest BCUT2D eigenvalue weighted by atomic mass is 10.0. The van der Waals surface area contributed by atoms with Gasteiger partial charge in [-0.15, -0.1) is 0 Å². The SMILES string of the molecule is C1=CC2=CNCCC2[N+]=C1. The molecule has 2 aliphatic rings. The molecular formula is C8H10N2+. The van der Waals surface area contributed by atoms with Gasteiger partial charge in [0.05, 0.1) is 0 Å². The molecule has 0 spiro atoms. The summed E-state index contributed by atoms with van der Waals surface area (Å²) in [5, 5.41) is 3.20. The highest BCUT2D eigenvalue weighted by Crippen LogP contribution is 2.12. The molecule has 2 nitrogen and oxygen atoms in total. The number of dihydropyridines is 1. The first-order valence-electron chi connectivity index (χ1n) is 3.60. The van der Waals surface area contributed by atoms with Crippen molar-refractivity contribution in [2.75, 3.05) is 6.54 Å². The summed E-state index contributed by atoms with van der Waals surface area (Å²) in [6.07, 6.45) is 9.17. The van der Waals surface area contributed by atoms with E-state index in [0.29, 0.717) is 6.04 Å². The second-order valence-corrected chi connectivity index (χ2v) is 2.56. The van der Waals surface area contributed by atoms with Crippen LogP contribution in [0, 0.1) is 0 Å². The number of fused-ring (bicyclic) bond motifs is 1. The minimum atomic E-state index is 0.436. The van der Waals surface area contributed by atoms with Crippen molar-refractivity contribution >= 4 is 6.21 Å². The van der Waals surface area contributed by atoms with E-state index in [4.69, 9.17) is 0 Å². The van der Waals surface area contributed by atoms with Gasteiger partial charge in [0.2, 0.25) is 12.3 Å². The van der Waals surface area contributed by atoms with Crippen LogP contribution in [0.15, 0.2) is 23.9 Å². The molecule has 1 unspecified atom stereocenters. The molecule has 2 heterocycles. The molecule has 0 aromatic carbocycles. The Morgan fingerprint density at radius 2 is 2.60 bits per heavy atom. The van der Waals surface area contributed by atoms with Gasteiger partial charge in [-0.3, -0.25) is 0 Å². The number of aliphatic imine (C=N–C) groups is 1. The number of allylic oxidation sites excluding steroid dienone is 1. The zero-order valence-corrected chi connectivity index (χ0v) is 5.75. The van der Waals surface area contributed by atoms with E-state index in [1.54, 1.807) is 0 Å². The van der Waals surface area contributed by atoms with Gasteiger partial charge in [-0.2, -0.15) is 0 Å². The predicted molar refractivity (Wildman–Crippen MR) is 41.8 cm³/mol. The van der Waals surface area contributed by atoms with Crippen molar-refractivity contribution in [2.24, 2.45) is 0 Å². The molecule has 0 aromatic heterocycles. The summed E-state index contributed by atoms with van der Waals surface area (Å²) in [4.78, 5) is 4.33. The smallest absolute Gasteiger partial charge is 0.247 e. The Balaban J connectivity index is 2.27. The lowest BCUT2D eigenvalue weighted by Gasteiger charge is -2.12. The highest BCUT2D eigenvalue weighted by Gasteiger charge is 2.24. The van der Waals surface area contributed by atoms with Crippen molar-refractivity contribution in [1.82, 2.24) is 10.3 Å². The van der Waals surface area contributed by atoms with Gasteiger partial charge in [-0.1, -0.05) is 0 Å². The lowest BCUT2D eigenvalue weighted by Crippen LogP contribution is -2.30. The molecule has 1 atom stereocenters. The minimum absolute atomic E-state index is 0.436. The molecule has 0 saturated heterocycles. The fourth-order valence-electron chi connectivity index (χ4n) is 1.30. The van der Waals surface area contributed by atoms with E-state index < -0.39 is 0 Å². The largest absolute Gasteiger partial charge is 0.390 e. The van der Waals surface area contributed by atoms with E-state index in [1.807, 2.05) is 12.3 Å². The topological polar surface area (TPSA) is 26.1 Å². The standard InChI is InChI=1S/C8H10N2/c1-2-7-6-9-5-3-8(7)10-4-1/h1-2,4,6,8-9H,3,5H2/q+1. The fourth-order valence-corrected chi connectivity index (χ4v) is 1.30. The maximum atomic E-state index is 4.33. The average Bonchev–Trinajstić information content (AvgIpc) is 2.05. The van der Waals surface area contributed by atoms with E-state index in [2.05, 4.69) is 22.6 Å². The molecule has 0 aromatic rings. The summed E-state index contributed by atoms with van der Waals surface area (Å²) in [5.74, 6) is 0. The molecule has 10 heavy (non-hydrogen) atoms. The molecule has 0 fully saturated rings. The van der Waals surface area contributed by atoms with Gasteiger partial charge in [-0.25, -0.2) is 0 Å². The molecule has 2 rings (SSSR count). The van der Waals surface area contributed by atoms with Gasteiger partial charge in [0.1, 0.15) is 0 Å². The van der Waals surface area contributed by atoms with Gasteiger partial charge in [-0.05, 0) is 6.08 Å². The van der Waals surface area contributed by atoms with Crippen LogP contribution in [-0.2, 0) is 0 Å². The Morgan fingerprint density at radius 3 is 3.50 bits per heavy atom. The number of hydrogen-bond donors (Lipinski definition) is 1. The number of hydrogen-bond acceptors (Lipinski definition) is 2. The molecule has 0 bridgehead atoms. The van der Waals surface area contributed by atoms with Crippen LogP contribution in [0.1, 0.15) is 6.42 Å². The monoisotopic (exact) mass is 134 g/mol. The number of nitrogens with one attached hydrogen (secondary N) is 1. The average molecular weight is 134 g/mol. The zero-order chi connectivity index (χ0) is 6.81. The van der Waals surface area contributed by atoms with Gasteiger partial charge < -0.3 is 5.32 Å². The van der Waals surface area contributed by atoms with Crippen molar-refractivity contribution < 1.29 is 0 Å². The predicted octanol–water partition coefficient (Wildman–Crippen LogP) is 0.209. The Kier molecular flexibility index (Phi) is 1.31. The van der Waals surface area contributed by atoms with Gasteiger partial charge in [0.25, 0.3) is 0 Å². The summed E-state index contributed by atoms with van der Waals surface area (Å²) in [6.45, 7) is 1.05. The second kappa shape index (κ2) is 2.29. The highest BCUT2D eigenvalue weighted by atomic mass is 14.9. The maximum absolute atomic E-state index is 4.33. The van der Waals surface area contributed by atoms with Crippen LogP contribution < -0.4 is 10.3 Å². The molecular weight excluding hydrogens is 124 g/mol. The molecule has 0 saturated carbocycles. The summed E-state index contributed by atoms with van der Waals surface area (Å²) in [5.41, 5.74) is 1.31. The number of rotatable bonds is 0. The Labute approximate surface area is 60.3 Å². The quantitative estimate of drug-likeness (QED) is 0.503. The van der Waals surface area contributed by atoms with Gasteiger partial charge in [0.15, 0.2) is 0 Å². The van der Waals surface area contributed by atoms with Crippen LogP contribution in [0.4, 0.5) is 0 Å². The molecule has 1 radical (unpaired) electrons. The van der Waals surface area contributed by atoms with Crippen LogP contribution in [0.25, 0.3) is 0 Å². The van der Waals surface area contributed by atoms with Crippen molar-refractivity contribution in [3.05, 3.63) is 23.9 Å². The normalized spacial score (nSPS) is 28.8. The molecule has 1 N–H and O–H groups in total. The molecule has 51 valence electrons. The Morgan fingerprint density at radius 1 is 1.60 bits per heavy atom. The summed E-state index contributed by atoms with van der Waals surface area (Å²) >= 11 is 0. The lowest BCUT2D eigenvalue weighted by molar-refractivity contribution is 0.598. The van der Waals surface area contributed by atoms with Crippen LogP contribution in [0.5, 0.6) is 0 Å². The zero-order valence-electron chi connectivity index (χ0n) is 5.75. The highest BCUT2D eigenvalue weighted by molar-refractivity contribution is 5.73. The van der Waals surface area contributed by atoms with E-state index in [9.17, 15) is 0 Å². The summed E-state index contributed by atoms with van der Waals surface area (Å²) < 4.78 is 0. The first kappa shape index (κ1) is 5.71. The Hall–Kier alpha value is -1.05. The van der Waals surface area contributed by atoms with Gasteiger partial charge >= 0.3 is 0 Å². The first-order valence-corrected chi connectivity index (χ1v) is 3.60. The van der Waals surface area contributed by atoms with E-state index in [-0.39, 0.29) is 0 Å². The van der Waals surface area contributed by atoms with Crippen LogP contribution in [-0.4, -0.2) is 18.8 Å². The van der Waals surface area contributed by atoms with Crippen LogP contribution in [0.2, 0.25) is 0 Å². The van der Waals surface area contributed by atoms with Crippen molar-refractivity contribution in [1.29, 1.82) is 0 Å². The fraction of sp³-hybridized carbons (Fsp3) is 0.375. The maximum Gasteiger partial charge on any atom is 0.247 e. The minimum Gasteiger partial charge on any atom is -0.390 e. The number of nitrogens with zero attached hydrogens (tertiary/aromatic N) is 1. The van der Waals surface area contributed by atoms with E-state index in [1.165, 1.54) is 5.57 Å². The Bertz CT molecular complexity index is 213. The third-order valence-electron chi connectivity index (χ3n) is 1.86. The third kappa shape index (κ3) is 0.856. The first-order chi connectivity index (χ1) is 4.97. The van der Waals surface area contributed by atoms with Crippen LogP contribution in [0.3, 0.4) is 0 Å². The van der Waals surface area contributed by atoms with E-state index in [0.717, 1.165) is 13.0 Å². The second-order valence-electron chi connectivity index (χ2n) is 2.56. The third-order valence-corrected chi connectivity index (χ3v) is 1.86. The summed E-state index contributed by atoms with van der Waals surface area (Å²) in [7, 11) is 0. The molecule has 2 heteroatoms. The van der Waals surface area contributed by atoms with Crippen molar-refractivity contribution in [2.45, 2.75) is 12.5 Å². The van der Waals surface area contributed by atoms with Gasteiger partial charge in [0, 0.05) is 35.8 Å². The van der Waals surface area contributed by atoms with Crippen molar-refractivity contribution in [3.8, 4) is 0 Å². The van der Waals surface area contributed by atoms with E-state index >= 15 is 0 Å². The van der Waals surface area contributed by atoms with Crippen LogP contribution >= 0.6 is 0 Å². The molecule has 2 aliphatic heterocycles. The summed E-state index contributed by atoms with van der Waals surface area (Å²) in [6, 6.07) is 0.436.